The first-order chi connectivity index (χ1) is 5.70. The van der Waals surface area contributed by atoms with E-state index in [0.29, 0.717) is 5.00 Å². The highest BCUT2D eigenvalue weighted by Crippen LogP contribution is 2.36. The van der Waals surface area contributed by atoms with Crippen molar-refractivity contribution >= 4 is 22.3 Å². The smallest absolute Gasteiger partial charge is 0.0954 e. The molecule has 1 heterocycles. The minimum Gasteiger partial charge on any atom is -0.545 e. The molecule has 0 amide bonds. The van der Waals surface area contributed by atoms with E-state index in [1.165, 1.54) is 11.3 Å². The predicted molar refractivity (Wildman–Crippen MR) is 45.1 cm³/mol. The van der Waals surface area contributed by atoms with Crippen molar-refractivity contribution in [3.8, 4) is 0 Å². The van der Waals surface area contributed by atoms with Crippen LogP contribution in [0.5, 0.6) is 0 Å². The molecule has 2 rings (SSSR count). The van der Waals surface area contributed by atoms with Gasteiger partial charge in [-0.3, -0.25) is 0 Å². The summed E-state index contributed by atoms with van der Waals surface area (Å²) in [7, 11) is 0. The van der Waals surface area contributed by atoms with E-state index < -0.39 is 5.97 Å². The van der Waals surface area contributed by atoms with Crippen LogP contribution in [0.4, 0.5) is 5.00 Å². The lowest BCUT2D eigenvalue weighted by atomic mass is 10.1. The van der Waals surface area contributed by atoms with E-state index in [0.717, 1.165) is 29.7 Å². The predicted octanol–water partition coefficient (Wildman–Crippen LogP) is 0.182. The first-order valence-corrected chi connectivity index (χ1v) is 4.63. The fourth-order valence-electron chi connectivity index (χ4n) is 1.65. The van der Waals surface area contributed by atoms with Crippen LogP contribution in [0.25, 0.3) is 0 Å². The summed E-state index contributed by atoms with van der Waals surface area (Å²) in [4.78, 5) is 11.8. The Kier molecular flexibility index (Phi) is 1.58. The van der Waals surface area contributed by atoms with Gasteiger partial charge in [-0.15, -0.1) is 11.3 Å². The summed E-state index contributed by atoms with van der Waals surface area (Å²) < 4.78 is 0. The molecule has 1 aliphatic rings. The summed E-state index contributed by atoms with van der Waals surface area (Å²) in [6, 6.07) is 0. The number of nitrogen functional groups attached to an aromatic ring is 1. The summed E-state index contributed by atoms with van der Waals surface area (Å²) in [5.74, 6) is -1.13. The molecule has 64 valence electrons. The fourth-order valence-corrected chi connectivity index (χ4v) is 2.80. The van der Waals surface area contributed by atoms with E-state index in [9.17, 15) is 9.90 Å². The number of carbonyl (C=O) groups is 1. The van der Waals surface area contributed by atoms with Gasteiger partial charge in [-0.2, -0.15) is 0 Å². The van der Waals surface area contributed by atoms with E-state index >= 15 is 0 Å². The topological polar surface area (TPSA) is 66.2 Å². The van der Waals surface area contributed by atoms with Crippen molar-refractivity contribution in [2.24, 2.45) is 0 Å². The molecule has 0 aromatic carbocycles. The van der Waals surface area contributed by atoms with Crippen molar-refractivity contribution in [3.63, 3.8) is 0 Å². The SMILES string of the molecule is Nc1sc2c(c1C(=O)[O-])CCC2. The number of carboxylic acid groups (broad SMARTS) is 1. The molecule has 0 aliphatic heterocycles. The molecule has 12 heavy (non-hydrogen) atoms. The van der Waals surface area contributed by atoms with Gasteiger partial charge >= 0.3 is 0 Å². The van der Waals surface area contributed by atoms with Gasteiger partial charge in [-0.25, -0.2) is 0 Å². The highest BCUT2D eigenvalue weighted by Gasteiger charge is 2.20. The summed E-state index contributed by atoms with van der Waals surface area (Å²) in [6.07, 6.45) is 2.85. The first kappa shape index (κ1) is 7.61. The van der Waals surface area contributed by atoms with Crippen molar-refractivity contribution in [3.05, 3.63) is 16.0 Å². The number of aromatic carboxylic acids is 1. The minimum absolute atomic E-state index is 0.243. The largest absolute Gasteiger partial charge is 0.545 e. The van der Waals surface area contributed by atoms with Gasteiger partial charge in [0.15, 0.2) is 0 Å². The van der Waals surface area contributed by atoms with Crippen molar-refractivity contribution in [2.75, 3.05) is 5.73 Å². The Morgan fingerprint density at radius 1 is 1.50 bits per heavy atom. The second-order valence-electron chi connectivity index (χ2n) is 2.88. The molecule has 0 unspecified atom stereocenters. The molecule has 0 bridgehead atoms. The molecule has 1 aliphatic carbocycles. The minimum atomic E-state index is -1.13. The lowest BCUT2D eigenvalue weighted by Gasteiger charge is -2.02. The number of carboxylic acids is 1. The number of carbonyl (C=O) groups excluding carboxylic acids is 1. The summed E-state index contributed by atoms with van der Waals surface area (Å²) in [5.41, 5.74) is 6.71. The van der Waals surface area contributed by atoms with E-state index in [-0.39, 0.29) is 5.56 Å². The average molecular weight is 182 g/mol. The first-order valence-electron chi connectivity index (χ1n) is 3.81. The number of hydrogen-bond acceptors (Lipinski definition) is 4. The Morgan fingerprint density at radius 2 is 2.25 bits per heavy atom. The highest BCUT2D eigenvalue weighted by atomic mass is 32.1. The molecule has 0 fully saturated rings. The molecule has 1 aromatic heterocycles. The fraction of sp³-hybridized carbons (Fsp3) is 0.375. The second kappa shape index (κ2) is 2.48. The van der Waals surface area contributed by atoms with Gasteiger partial charge in [0.2, 0.25) is 0 Å². The summed E-state index contributed by atoms with van der Waals surface area (Å²) in [5, 5.41) is 11.1. The Labute approximate surface area is 73.8 Å². The summed E-state index contributed by atoms with van der Waals surface area (Å²) in [6.45, 7) is 0. The number of fused-ring (bicyclic) bond motifs is 1. The quantitative estimate of drug-likeness (QED) is 0.673. The number of aryl methyl sites for hydroxylation is 1. The van der Waals surface area contributed by atoms with E-state index in [2.05, 4.69) is 0 Å². The Balaban J connectivity index is 2.59. The van der Waals surface area contributed by atoms with Gasteiger partial charge in [-0.05, 0) is 24.8 Å². The second-order valence-corrected chi connectivity index (χ2v) is 4.02. The normalized spacial score (nSPS) is 14.7. The standard InChI is InChI=1S/C8H9NO2S/c9-7-6(8(10)11)4-2-1-3-5(4)12-7/h1-3,9H2,(H,10,11)/p-1. The van der Waals surface area contributed by atoms with Gasteiger partial charge in [0.25, 0.3) is 0 Å². The molecular formula is C8H8NO2S-. The molecule has 0 atom stereocenters. The molecule has 1 aromatic rings. The van der Waals surface area contributed by atoms with Crippen LogP contribution in [0.1, 0.15) is 27.2 Å². The maximum Gasteiger partial charge on any atom is 0.0954 e. The van der Waals surface area contributed by atoms with Crippen molar-refractivity contribution < 1.29 is 9.90 Å². The van der Waals surface area contributed by atoms with Crippen LogP contribution in [0.3, 0.4) is 0 Å². The van der Waals surface area contributed by atoms with Crippen LogP contribution >= 0.6 is 11.3 Å². The molecule has 0 saturated carbocycles. The Hall–Kier alpha value is -1.03. The highest BCUT2D eigenvalue weighted by molar-refractivity contribution is 7.16. The van der Waals surface area contributed by atoms with Gasteiger partial charge in [0.05, 0.1) is 11.0 Å². The molecule has 0 saturated heterocycles. The molecule has 3 nitrogen and oxygen atoms in total. The third-order valence-corrected chi connectivity index (χ3v) is 3.27. The molecule has 4 heteroatoms. The number of anilines is 1. The van der Waals surface area contributed by atoms with Gasteiger partial charge in [0, 0.05) is 10.4 Å². The lowest BCUT2D eigenvalue weighted by molar-refractivity contribution is -0.254. The zero-order chi connectivity index (χ0) is 8.72. The number of hydrogen-bond donors (Lipinski definition) is 1. The van der Waals surface area contributed by atoms with Crippen LogP contribution in [-0.4, -0.2) is 5.97 Å². The van der Waals surface area contributed by atoms with E-state index in [1.807, 2.05) is 0 Å². The Morgan fingerprint density at radius 3 is 2.92 bits per heavy atom. The summed E-state index contributed by atoms with van der Waals surface area (Å²) >= 11 is 1.39. The maximum absolute atomic E-state index is 10.7. The van der Waals surface area contributed by atoms with Gasteiger partial charge in [-0.1, -0.05) is 0 Å². The van der Waals surface area contributed by atoms with Crippen LogP contribution in [-0.2, 0) is 12.8 Å². The number of nitrogens with two attached hydrogens (primary N) is 1. The van der Waals surface area contributed by atoms with Gasteiger partial charge < -0.3 is 15.6 Å². The number of thiophene rings is 1. The lowest BCUT2D eigenvalue weighted by Crippen LogP contribution is -2.23. The molecule has 2 N–H and O–H groups in total. The molecule has 0 spiro atoms. The third-order valence-electron chi connectivity index (χ3n) is 2.15. The third kappa shape index (κ3) is 0.914. The zero-order valence-corrected chi connectivity index (χ0v) is 7.24. The van der Waals surface area contributed by atoms with Crippen molar-refractivity contribution in [2.45, 2.75) is 19.3 Å². The monoisotopic (exact) mass is 182 g/mol. The van der Waals surface area contributed by atoms with E-state index in [4.69, 9.17) is 5.73 Å². The van der Waals surface area contributed by atoms with Crippen LogP contribution in [0, 0.1) is 0 Å². The number of rotatable bonds is 1. The van der Waals surface area contributed by atoms with Crippen molar-refractivity contribution in [1.82, 2.24) is 0 Å². The van der Waals surface area contributed by atoms with Crippen LogP contribution in [0.15, 0.2) is 0 Å². The Bertz CT molecular complexity index is 343. The van der Waals surface area contributed by atoms with Crippen LogP contribution in [0.2, 0.25) is 0 Å². The van der Waals surface area contributed by atoms with Gasteiger partial charge in [0.1, 0.15) is 0 Å². The van der Waals surface area contributed by atoms with E-state index in [1.54, 1.807) is 0 Å². The van der Waals surface area contributed by atoms with Crippen LogP contribution < -0.4 is 10.8 Å². The average Bonchev–Trinajstić information content (AvgIpc) is 2.44. The van der Waals surface area contributed by atoms with Crippen molar-refractivity contribution in [1.29, 1.82) is 0 Å². The zero-order valence-electron chi connectivity index (χ0n) is 6.42. The molecule has 0 radical (unpaired) electrons. The maximum atomic E-state index is 10.7. The molecular weight excluding hydrogens is 174 g/mol.